The minimum absolute atomic E-state index is 0.0120. The molecule has 2 amide bonds. The molecule has 3 N–H and O–H groups in total. The van der Waals surface area contributed by atoms with Crippen LogP contribution in [-0.2, 0) is 38.6 Å². The summed E-state index contributed by atoms with van der Waals surface area (Å²) in [5, 5.41) is 14.9. The molecule has 4 unspecified atom stereocenters. The molecule has 0 spiro atoms. The van der Waals surface area contributed by atoms with Crippen LogP contribution in [0.15, 0.2) is 60.7 Å². The van der Waals surface area contributed by atoms with E-state index in [4.69, 9.17) is 23.7 Å². The Balaban J connectivity index is 1.35. The highest BCUT2D eigenvalue weighted by molar-refractivity contribution is 5.91. The smallest absolute Gasteiger partial charge is 0.325 e. The van der Waals surface area contributed by atoms with Crippen LogP contribution >= 0.6 is 0 Å². The molecule has 0 radical (unpaired) electrons. The standard InChI is InChI=1S/C35H43N3O8/c1-5-44-32(40)18-36-35(41)37-28-8-6-7-26(15-28)34-45-31(22(2)33(46-34)24-11-9-23(21-39)10-12-24)20-38-14-13-25-16-29(42-3)30(43-4)17-27(25)19-38/h6-12,15-17,22,31,33-34,39H,5,13-14,18-21H2,1-4H3,(H2,36,37,41). The summed E-state index contributed by atoms with van der Waals surface area (Å²) in [6.45, 7) is 6.15. The van der Waals surface area contributed by atoms with Gasteiger partial charge in [0.05, 0.1) is 39.6 Å². The van der Waals surface area contributed by atoms with E-state index >= 15 is 0 Å². The van der Waals surface area contributed by atoms with Crippen molar-refractivity contribution in [3.63, 3.8) is 0 Å². The van der Waals surface area contributed by atoms with Crippen molar-refractivity contribution in [2.75, 3.05) is 45.8 Å². The number of anilines is 1. The zero-order chi connectivity index (χ0) is 32.6. The number of aliphatic hydroxyl groups is 1. The molecule has 3 aromatic rings. The van der Waals surface area contributed by atoms with Crippen LogP contribution in [0.1, 0.15) is 54.1 Å². The minimum atomic E-state index is -0.700. The van der Waals surface area contributed by atoms with Crippen molar-refractivity contribution in [1.29, 1.82) is 0 Å². The molecule has 3 aromatic carbocycles. The first-order chi connectivity index (χ1) is 22.3. The molecule has 0 aromatic heterocycles. The summed E-state index contributed by atoms with van der Waals surface area (Å²) < 4.78 is 29.2. The van der Waals surface area contributed by atoms with E-state index in [-0.39, 0.29) is 37.9 Å². The summed E-state index contributed by atoms with van der Waals surface area (Å²) in [7, 11) is 3.30. The molecule has 11 nitrogen and oxygen atoms in total. The largest absolute Gasteiger partial charge is 0.493 e. The van der Waals surface area contributed by atoms with E-state index in [2.05, 4.69) is 34.6 Å². The molecule has 5 rings (SSSR count). The van der Waals surface area contributed by atoms with E-state index < -0.39 is 18.3 Å². The fourth-order valence-electron chi connectivity index (χ4n) is 5.98. The Morgan fingerprint density at radius 2 is 1.72 bits per heavy atom. The van der Waals surface area contributed by atoms with Crippen molar-refractivity contribution in [3.8, 4) is 11.5 Å². The molecule has 0 bridgehead atoms. The number of benzene rings is 3. The SMILES string of the molecule is CCOC(=O)CNC(=O)Nc1cccc(C2OC(CN3CCc4cc(OC)c(OC)cc4C3)C(C)C(c3ccc(CO)cc3)O2)c1. The summed E-state index contributed by atoms with van der Waals surface area (Å²) in [4.78, 5) is 26.5. The molecule has 1 fully saturated rings. The Kier molecular flexibility index (Phi) is 11.1. The Hall–Kier alpha value is -4.16. The molecule has 246 valence electrons. The van der Waals surface area contributed by atoms with E-state index in [1.54, 1.807) is 27.2 Å². The first kappa shape index (κ1) is 33.2. The second-order valence-electron chi connectivity index (χ2n) is 11.5. The molecular weight excluding hydrogens is 590 g/mol. The number of hydrogen-bond acceptors (Lipinski definition) is 9. The lowest BCUT2D eigenvalue weighted by Gasteiger charge is -2.43. The number of urea groups is 1. The lowest BCUT2D eigenvalue weighted by Crippen LogP contribution is -2.45. The third kappa shape index (κ3) is 7.97. The highest BCUT2D eigenvalue weighted by Gasteiger charge is 2.39. The van der Waals surface area contributed by atoms with Gasteiger partial charge in [-0.3, -0.25) is 9.69 Å². The highest BCUT2D eigenvalue weighted by atomic mass is 16.7. The van der Waals surface area contributed by atoms with Crippen LogP contribution in [0, 0.1) is 5.92 Å². The van der Waals surface area contributed by atoms with E-state index in [1.165, 1.54) is 11.1 Å². The summed E-state index contributed by atoms with van der Waals surface area (Å²) in [6, 6.07) is 18.7. The maximum atomic E-state index is 12.4. The van der Waals surface area contributed by atoms with Crippen molar-refractivity contribution in [1.82, 2.24) is 10.2 Å². The van der Waals surface area contributed by atoms with Crippen LogP contribution in [0.5, 0.6) is 11.5 Å². The van der Waals surface area contributed by atoms with Gasteiger partial charge >= 0.3 is 12.0 Å². The fourth-order valence-corrected chi connectivity index (χ4v) is 5.98. The van der Waals surface area contributed by atoms with Gasteiger partial charge in [0.15, 0.2) is 17.8 Å². The Bertz CT molecular complexity index is 1500. The molecule has 1 saturated heterocycles. The molecule has 4 atom stereocenters. The average Bonchev–Trinajstić information content (AvgIpc) is 3.08. The lowest BCUT2D eigenvalue weighted by molar-refractivity contribution is -0.276. The monoisotopic (exact) mass is 633 g/mol. The first-order valence-corrected chi connectivity index (χ1v) is 15.6. The number of aliphatic hydroxyl groups excluding tert-OH is 1. The van der Waals surface area contributed by atoms with Crippen molar-refractivity contribution in [2.45, 2.75) is 51.9 Å². The van der Waals surface area contributed by atoms with Gasteiger partial charge in [-0.15, -0.1) is 0 Å². The number of carbonyl (C=O) groups is 2. The molecule has 46 heavy (non-hydrogen) atoms. The van der Waals surface area contributed by atoms with Crippen LogP contribution in [-0.4, -0.2) is 68.6 Å². The first-order valence-electron chi connectivity index (χ1n) is 15.6. The van der Waals surface area contributed by atoms with Crippen LogP contribution in [0.4, 0.5) is 10.5 Å². The number of hydrogen-bond donors (Lipinski definition) is 3. The Labute approximate surface area is 269 Å². The normalized spacial score (nSPS) is 21.2. The zero-order valence-electron chi connectivity index (χ0n) is 26.8. The molecular formula is C35H43N3O8. The highest BCUT2D eigenvalue weighted by Crippen LogP contribution is 2.43. The van der Waals surface area contributed by atoms with Crippen LogP contribution in [0.25, 0.3) is 0 Å². The number of carbonyl (C=O) groups excluding carboxylic acids is 2. The summed E-state index contributed by atoms with van der Waals surface area (Å²) in [5.41, 5.74) is 5.56. The third-order valence-corrected chi connectivity index (χ3v) is 8.47. The van der Waals surface area contributed by atoms with Crippen molar-refractivity contribution >= 4 is 17.7 Å². The van der Waals surface area contributed by atoms with Gasteiger partial charge in [0.25, 0.3) is 0 Å². The van der Waals surface area contributed by atoms with E-state index in [0.717, 1.165) is 42.0 Å². The molecule has 2 heterocycles. The maximum Gasteiger partial charge on any atom is 0.325 e. The van der Waals surface area contributed by atoms with E-state index in [9.17, 15) is 14.7 Å². The van der Waals surface area contributed by atoms with Gasteiger partial charge in [0.2, 0.25) is 0 Å². The number of rotatable bonds is 11. The summed E-state index contributed by atoms with van der Waals surface area (Å²) >= 11 is 0. The van der Waals surface area contributed by atoms with E-state index in [0.29, 0.717) is 18.0 Å². The number of nitrogens with zero attached hydrogens (tertiary/aromatic N) is 1. The van der Waals surface area contributed by atoms with Gasteiger partial charge in [-0.25, -0.2) is 4.79 Å². The number of fused-ring (bicyclic) bond motifs is 1. The number of methoxy groups -OCH3 is 2. The molecule has 0 saturated carbocycles. The zero-order valence-corrected chi connectivity index (χ0v) is 26.8. The predicted molar refractivity (Wildman–Crippen MR) is 172 cm³/mol. The van der Waals surface area contributed by atoms with Crippen molar-refractivity contribution in [3.05, 3.63) is 88.5 Å². The number of ether oxygens (including phenoxy) is 5. The van der Waals surface area contributed by atoms with Crippen LogP contribution in [0.2, 0.25) is 0 Å². The quantitative estimate of drug-likeness (QED) is 0.257. The second-order valence-corrected chi connectivity index (χ2v) is 11.5. The second kappa shape index (κ2) is 15.4. The average molecular weight is 634 g/mol. The number of amides is 2. The van der Waals surface area contributed by atoms with Crippen molar-refractivity contribution in [2.24, 2.45) is 5.92 Å². The predicted octanol–water partition coefficient (Wildman–Crippen LogP) is 4.73. The summed E-state index contributed by atoms with van der Waals surface area (Å²) in [6.07, 6.45) is -0.265. The topological polar surface area (TPSA) is 128 Å². The van der Waals surface area contributed by atoms with Crippen molar-refractivity contribution < 1.29 is 38.4 Å². The lowest BCUT2D eigenvalue weighted by atomic mass is 9.89. The van der Waals surface area contributed by atoms with Gasteiger partial charge in [-0.2, -0.15) is 0 Å². The van der Waals surface area contributed by atoms with Gasteiger partial charge in [0, 0.05) is 36.8 Å². The molecule has 2 aliphatic heterocycles. The molecule has 2 aliphatic rings. The number of esters is 1. The maximum absolute atomic E-state index is 12.4. The van der Waals surface area contributed by atoms with Crippen LogP contribution < -0.4 is 20.1 Å². The van der Waals surface area contributed by atoms with Gasteiger partial charge in [-0.1, -0.05) is 43.3 Å². The molecule has 11 heteroatoms. The van der Waals surface area contributed by atoms with E-state index in [1.807, 2.05) is 42.5 Å². The Morgan fingerprint density at radius 3 is 2.41 bits per heavy atom. The molecule has 0 aliphatic carbocycles. The minimum Gasteiger partial charge on any atom is -0.493 e. The van der Waals surface area contributed by atoms with Gasteiger partial charge in [-0.05, 0) is 59.9 Å². The fraction of sp³-hybridized carbons (Fsp3) is 0.429. The third-order valence-electron chi connectivity index (χ3n) is 8.47. The van der Waals surface area contributed by atoms with Crippen LogP contribution in [0.3, 0.4) is 0 Å². The Morgan fingerprint density at radius 1 is 0.978 bits per heavy atom. The van der Waals surface area contributed by atoms with Gasteiger partial charge in [0.1, 0.15) is 6.54 Å². The summed E-state index contributed by atoms with van der Waals surface area (Å²) in [5.74, 6) is 0.957. The number of nitrogens with one attached hydrogen (secondary N) is 2. The van der Waals surface area contributed by atoms with Gasteiger partial charge < -0.3 is 39.4 Å².